The van der Waals surface area contributed by atoms with Crippen molar-refractivity contribution in [2.24, 2.45) is 0 Å². The van der Waals surface area contributed by atoms with Gasteiger partial charge in [0, 0.05) is 24.5 Å². The highest BCUT2D eigenvalue weighted by Gasteiger charge is 2.25. The van der Waals surface area contributed by atoms with Crippen molar-refractivity contribution >= 4 is 5.97 Å². The molecule has 0 spiro atoms. The van der Waals surface area contributed by atoms with E-state index in [1.807, 2.05) is 0 Å². The van der Waals surface area contributed by atoms with Gasteiger partial charge in [0.2, 0.25) is 0 Å². The molecule has 0 amide bonds. The average molecular weight is 259 g/mol. The molecule has 0 atom stereocenters. The van der Waals surface area contributed by atoms with Crippen LogP contribution >= 0.6 is 0 Å². The highest BCUT2D eigenvalue weighted by molar-refractivity contribution is 5.87. The lowest BCUT2D eigenvalue weighted by atomic mass is 10.3. The Morgan fingerprint density at radius 3 is 2.89 bits per heavy atom. The Morgan fingerprint density at radius 2 is 2.21 bits per heavy atom. The van der Waals surface area contributed by atoms with Crippen LogP contribution in [0, 0.1) is 0 Å². The van der Waals surface area contributed by atoms with E-state index in [0.717, 1.165) is 18.5 Å². The molecule has 1 aliphatic carbocycles. The van der Waals surface area contributed by atoms with Gasteiger partial charge in [0.1, 0.15) is 0 Å². The molecule has 2 heterocycles. The highest BCUT2D eigenvalue weighted by Crippen LogP contribution is 2.35. The van der Waals surface area contributed by atoms with E-state index in [0.29, 0.717) is 12.6 Å². The first-order valence-corrected chi connectivity index (χ1v) is 6.09. The minimum atomic E-state index is -1.04. The van der Waals surface area contributed by atoms with E-state index in [9.17, 15) is 9.59 Å². The Bertz CT molecular complexity index is 682. The van der Waals surface area contributed by atoms with E-state index in [4.69, 9.17) is 5.11 Å². The molecule has 1 fully saturated rings. The van der Waals surface area contributed by atoms with Gasteiger partial charge in [0.25, 0.3) is 5.56 Å². The van der Waals surface area contributed by atoms with E-state index >= 15 is 0 Å². The predicted molar refractivity (Wildman–Crippen MR) is 67.3 cm³/mol. The molecular weight excluding hydrogens is 246 g/mol. The second-order valence-corrected chi connectivity index (χ2v) is 4.71. The topological polar surface area (TPSA) is 77.1 Å². The van der Waals surface area contributed by atoms with Crippen molar-refractivity contribution in [1.29, 1.82) is 0 Å². The smallest absolute Gasteiger partial charge is 0.337 e. The number of rotatable bonds is 4. The van der Waals surface area contributed by atoms with Crippen LogP contribution < -0.4 is 5.56 Å². The standard InChI is InChI=1S/C13H13N3O3/c17-12-4-1-9(13(18)19)6-15(12)7-11-5-14-8-16(11)10-2-3-10/h1,4-6,8,10H,2-3,7H2,(H,18,19). The summed E-state index contributed by atoms with van der Waals surface area (Å²) in [7, 11) is 0. The SMILES string of the molecule is O=C(O)c1ccc(=O)n(Cc2cncn2C2CC2)c1. The molecule has 0 unspecified atom stereocenters. The Morgan fingerprint density at radius 1 is 1.42 bits per heavy atom. The molecule has 2 aromatic heterocycles. The van der Waals surface area contributed by atoms with Crippen molar-refractivity contribution in [2.75, 3.05) is 0 Å². The molecule has 0 saturated heterocycles. The molecule has 0 aromatic carbocycles. The number of aromatic nitrogens is 3. The summed E-state index contributed by atoms with van der Waals surface area (Å²) in [5.74, 6) is -1.04. The van der Waals surface area contributed by atoms with Gasteiger partial charge in [0.05, 0.1) is 24.1 Å². The van der Waals surface area contributed by atoms with Crippen molar-refractivity contribution in [3.63, 3.8) is 0 Å². The van der Waals surface area contributed by atoms with E-state index in [-0.39, 0.29) is 11.1 Å². The summed E-state index contributed by atoms with van der Waals surface area (Å²) in [5, 5.41) is 8.95. The van der Waals surface area contributed by atoms with E-state index in [1.54, 1.807) is 12.5 Å². The van der Waals surface area contributed by atoms with Crippen LogP contribution in [0.3, 0.4) is 0 Å². The first-order chi connectivity index (χ1) is 9.15. The van der Waals surface area contributed by atoms with Crippen LogP contribution in [0.25, 0.3) is 0 Å². The van der Waals surface area contributed by atoms with Gasteiger partial charge in [-0.25, -0.2) is 9.78 Å². The van der Waals surface area contributed by atoms with Crippen molar-refractivity contribution in [1.82, 2.24) is 14.1 Å². The molecule has 1 saturated carbocycles. The lowest BCUT2D eigenvalue weighted by molar-refractivity contribution is 0.0696. The fourth-order valence-corrected chi connectivity index (χ4v) is 2.09. The Hall–Kier alpha value is -2.37. The third-order valence-electron chi connectivity index (χ3n) is 3.25. The number of aromatic carboxylic acids is 1. The zero-order chi connectivity index (χ0) is 13.4. The number of pyridine rings is 1. The van der Waals surface area contributed by atoms with Crippen molar-refractivity contribution < 1.29 is 9.90 Å². The zero-order valence-electron chi connectivity index (χ0n) is 10.2. The van der Waals surface area contributed by atoms with Gasteiger partial charge in [-0.2, -0.15) is 0 Å². The summed E-state index contributed by atoms with van der Waals surface area (Å²) in [4.78, 5) is 26.8. The molecule has 3 rings (SSSR count). The Labute approximate surface area is 108 Å². The lowest BCUT2D eigenvalue weighted by Crippen LogP contribution is -2.21. The largest absolute Gasteiger partial charge is 0.478 e. The van der Waals surface area contributed by atoms with E-state index < -0.39 is 5.97 Å². The van der Waals surface area contributed by atoms with Crippen LogP contribution in [0.4, 0.5) is 0 Å². The summed E-state index contributed by atoms with van der Waals surface area (Å²) in [5.41, 5.74) is 0.817. The molecule has 6 heteroatoms. The third-order valence-corrected chi connectivity index (χ3v) is 3.25. The van der Waals surface area contributed by atoms with Gasteiger partial charge in [-0.3, -0.25) is 4.79 Å². The first kappa shape index (κ1) is 11.7. The van der Waals surface area contributed by atoms with Crippen LogP contribution in [0.1, 0.15) is 34.9 Å². The molecule has 0 bridgehead atoms. The average Bonchev–Trinajstić information content (AvgIpc) is 3.12. The minimum Gasteiger partial charge on any atom is -0.478 e. The maximum atomic E-state index is 11.8. The summed E-state index contributed by atoms with van der Waals surface area (Å²) in [6, 6.07) is 3.08. The number of hydrogen-bond donors (Lipinski definition) is 1. The quantitative estimate of drug-likeness (QED) is 0.892. The number of carboxylic acids is 1. The predicted octanol–water partition coefficient (Wildman–Crippen LogP) is 1.13. The summed E-state index contributed by atoms with van der Waals surface area (Å²) in [6.45, 7) is 0.344. The molecular formula is C13H13N3O3. The number of carbonyl (C=O) groups is 1. The monoisotopic (exact) mass is 259 g/mol. The second kappa shape index (κ2) is 4.38. The maximum absolute atomic E-state index is 11.8. The van der Waals surface area contributed by atoms with Crippen molar-refractivity contribution in [3.05, 3.63) is 52.5 Å². The summed E-state index contributed by atoms with van der Waals surface area (Å²) < 4.78 is 3.46. The van der Waals surface area contributed by atoms with Crippen molar-refractivity contribution in [3.8, 4) is 0 Å². The summed E-state index contributed by atoms with van der Waals surface area (Å²) >= 11 is 0. The molecule has 2 aromatic rings. The molecule has 19 heavy (non-hydrogen) atoms. The van der Waals surface area contributed by atoms with Crippen molar-refractivity contribution in [2.45, 2.75) is 25.4 Å². The number of carboxylic acid groups (broad SMARTS) is 1. The van der Waals surface area contributed by atoms with E-state index in [1.165, 1.54) is 22.9 Å². The molecule has 1 N–H and O–H groups in total. The normalized spacial score (nSPS) is 14.5. The van der Waals surface area contributed by atoms with Crippen LogP contribution in [-0.2, 0) is 6.54 Å². The van der Waals surface area contributed by atoms with Gasteiger partial charge in [0.15, 0.2) is 0 Å². The van der Waals surface area contributed by atoms with Gasteiger partial charge in [-0.15, -0.1) is 0 Å². The van der Waals surface area contributed by atoms with Gasteiger partial charge in [-0.05, 0) is 18.9 Å². The van der Waals surface area contributed by atoms with Crippen LogP contribution in [0.5, 0.6) is 0 Å². The minimum absolute atomic E-state index is 0.108. The number of imidazole rings is 1. The molecule has 98 valence electrons. The Kier molecular flexibility index (Phi) is 2.70. The molecule has 0 radical (unpaired) electrons. The third kappa shape index (κ3) is 2.29. The van der Waals surface area contributed by atoms with Gasteiger partial charge < -0.3 is 14.2 Å². The number of nitrogens with zero attached hydrogens (tertiary/aromatic N) is 3. The summed E-state index contributed by atoms with van der Waals surface area (Å²) in [6.07, 6.45) is 7.12. The van der Waals surface area contributed by atoms with Gasteiger partial charge in [-0.1, -0.05) is 0 Å². The Balaban J connectivity index is 1.94. The van der Waals surface area contributed by atoms with Crippen LogP contribution in [-0.4, -0.2) is 25.2 Å². The molecule has 0 aliphatic heterocycles. The zero-order valence-corrected chi connectivity index (χ0v) is 10.2. The molecule has 6 nitrogen and oxygen atoms in total. The first-order valence-electron chi connectivity index (χ1n) is 6.09. The fraction of sp³-hybridized carbons (Fsp3) is 0.308. The molecule has 1 aliphatic rings. The lowest BCUT2D eigenvalue weighted by Gasteiger charge is -2.09. The van der Waals surface area contributed by atoms with E-state index in [2.05, 4.69) is 9.55 Å². The maximum Gasteiger partial charge on any atom is 0.337 e. The van der Waals surface area contributed by atoms with Crippen LogP contribution in [0.2, 0.25) is 0 Å². The second-order valence-electron chi connectivity index (χ2n) is 4.71. The fourth-order valence-electron chi connectivity index (χ4n) is 2.09. The van der Waals surface area contributed by atoms with Gasteiger partial charge >= 0.3 is 5.97 Å². The highest BCUT2D eigenvalue weighted by atomic mass is 16.4. The van der Waals surface area contributed by atoms with Crippen LogP contribution in [0.15, 0.2) is 35.6 Å². The number of hydrogen-bond acceptors (Lipinski definition) is 3.